The van der Waals surface area contributed by atoms with Crippen LogP contribution in [0.25, 0.3) is 5.69 Å². The summed E-state index contributed by atoms with van der Waals surface area (Å²) in [5, 5.41) is 13.8. The lowest BCUT2D eigenvalue weighted by atomic mass is 10.1. The quantitative estimate of drug-likeness (QED) is 0.605. The second-order valence-corrected chi connectivity index (χ2v) is 7.52. The van der Waals surface area contributed by atoms with Crippen LogP contribution in [0.5, 0.6) is 0 Å². The zero-order chi connectivity index (χ0) is 21.5. The molecule has 3 aromatic rings. The number of rotatable bonds is 7. The Balaban J connectivity index is 1.18. The number of nitrogens with zero attached hydrogens (tertiary/aromatic N) is 6. The van der Waals surface area contributed by atoms with Gasteiger partial charge in [0.1, 0.15) is 6.33 Å². The van der Waals surface area contributed by atoms with Gasteiger partial charge in [-0.25, -0.2) is 4.68 Å². The van der Waals surface area contributed by atoms with Gasteiger partial charge in [-0.2, -0.15) is 0 Å². The number of nitrogens with one attached hydrogen (secondary N) is 1. The lowest BCUT2D eigenvalue weighted by Crippen LogP contribution is -2.50. The van der Waals surface area contributed by atoms with Crippen LogP contribution in [-0.4, -0.2) is 74.5 Å². The van der Waals surface area contributed by atoms with Crippen molar-refractivity contribution in [3.05, 3.63) is 72.1 Å². The second kappa shape index (κ2) is 9.94. The first-order valence-electron chi connectivity index (χ1n) is 10.3. The summed E-state index contributed by atoms with van der Waals surface area (Å²) in [6.45, 7) is 3.96. The molecule has 0 spiro atoms. The molecule has 0 atom stereocenters. The van der Waals surface area contributed by atoms with Gasteiger partial charge in [-0.05, 0) is 33.7 Å². The van der Waals surface area contributed by atoms with Crippen LogP contribution in [0.3, 0.4) is 0 Å². The molecule has 2 amide bonds. The average Bonchev–Trinajstić information content (AvgIpc) is 3.34. The first-order valence-corrected chi connectivity index (χ1v) is 10.3. The number of benzene rings is 2. The lowest BCUT2D eigenvalue weighted by Gasteiger charge is -2.34. The number of amides is 2. The number of hydrogen-bond acceptors (Lipinski definition) is 6. The molecule has 1 fully saturated rings. The summed E-state index contributed by atoms with van der Waals surface area (Å²) in [6.07, 6.45) is 1.73. The minimum absolute atomic E-state index is 0.0280. The van der Waals surface area contributed by atoms with Crippen molar-refractivity contribution in [2.24, 2.45) is 0 Å². The molecule has 0 saturated carbocycles. The molecule has 1 aromatic heterocycles. The average molecular weight is 419 g/mol. The van der Waals surface area contributed by atoms with Crippen LogP contribution in [0.2, 0.25) is 0 Å². The van der Waals surface area contributed by atoms with Gasteiger partial charge in [-0.1, -0.05) is 42.5 Å². The van der Waals surface area contributed by atoms with Gasteiger partial charge in [0.05, 0.1) is 18.7 Å². The second-order valence-electron chi connectivity index (χ2n) is 7.52. The number of carbonyl (C=O) groups excluding carboxylic acids is 2. The fourth-order valence-electron chi connectivity index (χ4n) is 3.58. The molecule has 4 rings (SSSR count). The van der Waals surface area contributed by atoms with Crippen LogP contribution in [-0.2, 0) is 22.6 Å². The van der Waals surface area contributed by atoms with E-state index < -0.39 is 0 Å². The van der Waals surface area contributed by atoms with E-state index in [1.807, 2.05) is 47.4 Å². The molecule has 1 aliphatic heterocycles. The highest BCUT2D eigenvalue weighted by Gasteiger charge is 2.21. The maximum atomic E-state index is 12.5. The molecule has 1 saturated heterocycles. The topological polar surface area (TPSA) is 96.2 Å². The van der Waals surface area contributed by atoms with Crippen LogP contribution in [0.15, 0.2) is 60.9 Å². The Morgan fingerprint density at radius 1 is 0.903 bits per heavy atom. The summed E-state index contributed by atoms with van der Waals surface area (Å²) in [7, 11) is 0. The van der Waals surface area contributed by atoms with Gasteiger partial charge in [-0.15, -0.1) is 5.10 Å². The van der Waals surface area contributed by atoms with Crippen molar-refractivity contribution in [2.45, 2.75) is 13.0 Å². The summed E-state index contributed by atoms with van der Waals surface area (Å²) in [6, 6.07) is 17.7. The van der Waals surface area contributed by atoms with Crippen LogP contribution >= 0.6 is 0 Å². The standard InChI is InChI=1S/C22H25N7O2/c30-21(14-18-6-8-20(9-7-18)29-17-24-25-26-29)23-15-22(31)28-12-10-27(11-13-28)16-19-4-2-1-3-5-19/h1-9,17H,10-16H2,(H,23,30). The summed E-state index contributed by atoms with van der Waals surface area (Å²) in [4.78, 5) is 28.9. The molecular weight excluding hydrogens is 394 g/mol. The zero-order valence-electron chi connectivity index (χ0n) is 17.2. The fraction of sp³-hybridized carbons (Fsp3) is 0.318. The number of piperazine rings is 1. The van der Waals surface area contributed by atoms with E-state index in [0.717, 1.165) is 30.9 Å². The summed E-state index contributed by atoms with van der Waals surface area (Å²) in [5.74, 6) is -0.215. The Labute approximate surface area is 180 Å². The fourth-order valence-corrected chi connectivity index (χ4v) is 3.58. The summed E-state index contributed by atoms with van der Waals surface area (Å²) in [5.41, 5.74) is 2.95. The van der Waals surface area contributed by atoms with E-state index in [-0.39, 0.29) is 24.8 Å². The summed E-state index contributed by atoms with van der Waals surface area (Å²) < 4.78 is 1.54. The van der Waals surface area contributed by atoms with Crippen LogP contribution in [0, 0.1) is 0 Å². The molecule has 1 aliphatic rings. The molecule has 9 nitrogen and oxygen atoms in total. The first kappa shape index (κ1) is 20.7. The molecule has 1 N–H and O–H groups in total. The molecule has 2 heterocycles. The molecule has 0 aliphatic carbocycles. The van der Waals surface area contributed by atoms with Crippen molar-refractivity contribution >= 4 is 11.8 Å². The van der Waals surface area contributed by atoms with Crippen LogP contribution in [0.1, 0.15) is 11.1 Å². The molecule has 0 unspecified atom stereocenters. The third kappa shape index (κ3) is 5.73. The Bertz CT molecular complexity index is 982. The maximum absolute atomic E-state index is 12.5. The Hall–Kier alpha value is -3.59. The number of aromatic nitrogens is 4. The third-order valence-electron chi connectivity index (χ3n) is 5.33. The van der Waals surface area contributed by atoms with Gasteiger partial charge in [-0.3, -0.25) is 14.5 Å². The molecule has 160 valence electrons. The predicted octanol–water partition coefficient (Wildman–Crippen LogP) is 0.665. The van der Waals surface area contributed by atoms with E-state index in [1.54, 1.807) is 4.68 Å². The van der Waals surface area contributed by atoms with E-state index in [1.165, 1.54) is 11.9 Å². The van der Waals surface area contributed by atoms with Gasteiger partial charge in [0, 0.05) is 32.7 Å². The van der Waals surface area contributed by atoms with E-state index in [0.29, 0.717) is 13.1 Å². The molecule has 0 radical (unpaired) electrons. The normalized spacial score (nSPS) is 14.4. The SMILES string of the molecule is O=C(Cc1ccc(-n2cnnn2)cc1)NCC(=O)N1CCN(Cc2ccccc2)CC1. The first-order chi connectivity index (χ1) is 15.2. The Morgan fingerprint density at radius 2 is 1.65 bits per heavy atom. The van der Waals surface area contributed by atoms with Crippen molar-refractivity contribution in [1.82, 2.24) is 35.3 Å². The van der Waals surface area contributed by atoms with Crippen molar-refractivity contribution < 1.29 is 9.59 Å². The van der Waals surface area contributed by atoms with E-state index >= 15 is 0 Å². The van der Waals surface area contributed by atoms with E-state index in [9.17, 15) is 9.59 Å². The minimum atomic E-state index is -0.175. The van der Waals surface area contributed by atoms with Crippen molar-refractivity contribution in [3.63, 3.8) is 0 Å². The number of tetrazole rings is 1. The number of hydrogen-bond donors (Lipinski definition) is 1. The predicted molar refractivity (Wildman–Crippen MR) is 114 cm³/mol. The van der Waals surface area contributed by atoms with Gasteiger partial charge in [0.25, 0.3) is 0 Å². The van der Waals surface area contributed by atoms with Crippen LogP contribution < -0.4 is 5.32 Å². The molecule has 31 heavy (non-hydrogen) atoms. The Morgan fingerprint density at radius 3 is 2.32 bits per heavy atom. The molecule has 0 bridgehead atoms. The third-order valence-corrected chi connectivity index (χ3v) is 5.33. The highest BCUT2D eigenvalue weighted by atomic mass is 16.2. The molecule has 2 aromatic carbocycles. The van der Waals surface area contributed by atoms with Gasteiger partial charge in [0.15, 0.2) is 0 Å². The highest BCUT2D eigenvalue weighted by molar-refractivity contribution is 5.85. The Kier molecular flexibility index (Phi) is 6.63. The molecule has 9 heteroatoms. The van der Waals surface area contributed by atoms with Crippen LogP contribution in [0.4, 0.5) is 0 Å². The van der Waals surface area contributed by atoms with Gasteiger partial charge < -0.3 is 10.2 Å². The highest BCUT2D eigenvalue weighted by Crippen LogP contribution is 2.10. The van der Waals surface area contributed by atoms with Crippen molar-refractivity contribution in [2.75, 3.05) is 32.7 Å². The number of carbonyl (C=O) groups is 2. The van der Waals surface area contributed by atoms with E-state index in [4.69, 9.17) is 0 Å². The van der Waals surface area contributed by atoms with Gasteiger partial charge in [0.2, 0.25) is 11.8 Å². The largest absolute Gasteiger partial charge is 0.347 e. The summed E-state index contributed by atoms with van der Waals surface area (Å²) >= 11 is 0. The maximum Gasteiger partial charge on any atom is 0.242 e. The van der Waals surface area contributed by atoms with E-state index in [2.05, 4.69) is 37.9 Å². The van der Waals surface area contributed by atoms with Crippen molar-refractivity contribution in [1.29, 1.82) is 0 Å². The molecular formula is C22H25N7O2. The lowest BCUT2D eigenvalue weighted by molar-refractivity contribution is -0.134. The van der Waals surface area contributed by atoms with Crippen molar-refractivity contribution in [3.8, 4) is 5.69 Å². The minimum Gasteiger partial charge on any atom is -0.347 e. The monoisotopic (exact) mass is 419 g/mol. The smallest absolute Gasteiger partial charge is 0.242 e. The van der Waals surface area contributed by atoms with Gasteiger partial charge >= 0.3 is 0 Å². The zero-order valence-corrected chi connectivity index (χ0v) is 17.2.